The van der Waals surface area contributed by atoms with E-state index >= 15 is 0 Å². The zero-order valence-corrected chi connectivity index (χ0v) is 19.5. The fourth-order valence-electron chi connectivity index (χ4n) is 4.01. The summed E-state index contributed by atoms with van der Waals surface area (Å²) in [6.45, 7) is 6.21. The molecule has 3 N–H and O–H groups in total. The van der Waals surface area contributed by atoms with Crippen LogP contribution in [0.4, 0.5) is 11.6 Å². The summed E-state index contributed by atoms with van der Waals surface area (Å²) in [6.07, 6.45) is 2.41. The number of fused-ring (bicyclic) bond motifs is 1. The molecule has 1 atom stereocenters. The van der Waals surface area contributed by atoms with Gasteiger partial charge in [0.15, 0.2) is 17.3 Å². The van der Waals surface area contributed by atoms with Gasteiger partial charge in [-0.15, -0.1) is 23.7 Å². The number of carbonyl (C=O) groups excluding carboxylic acids is 1. The van der Waals surface area contributed by atoms with E-state index in [1.54, 1.807) is 18.4 Å². The zero-order chi connectivity index (χ0) is 20.8. The van der Waals surface area contributed by atoms with Crippen molar-refractivity contribution in [1.29, 1.82) is 0 Å². The van der Waals surface area contributed by atoms with Crippen molar-refractivity contribution in [3.05, 3.63) is 28.4 Å². The standard InChI is InChI=1S/C21H26N6O2S.ClH/c1-11-10-27(7-6-22-11)21(28)17-18(29-3)19-14(8-12(2)30-19)20(24-17)23-16-9-15(25-26-16)13-4-5-13;/h8-9,11,13,22H,4-7,10H2,1-3H3,(H2,23,24,25,26);1H/t11-;/m1./s1. The molecule has 2 fully saturated rings. The Bertz CT molecular complexity index is 1110. The number of piperazine rings is 1. The SMILES string of the molecule is COc1c(C(=O)N2CCN[C@H](C)C2)nc(Nc2cc(C3CC3)[nH]n2)c2cc(C)sc12.Cl. The fraction of sp³-hybridized carbons (Fsp3) is 0.476. The Hall–Kier alpha value is -2.36. The highest BCUT2D eigenvalue weighted by molar-refractivity contribution is 7.19. The van der Waals surface area contributed by atoms with Crippen molar-refractivity contribution in [3.8, 4) is 5.75 Å². The lowest BCUT2D eigenvalue weighted by Crippen LogP contribution is -2.51. The first-order valence-electron chi connectivity index (χ1n) is 10.4. The van der Waals surface area contributed by atoms with Gasteiger partial charge < -0.3 is 20.3 Å². The topological polar surface area (TPSA) is 95.2 Å². The third-order valence-electron chi connectivity index (χ3n) is 5.68. The van der Waals surface area contributed by atoms with Crippen LogP contribution < -0.4 is 15.4 Å². The summed E-state index contributed by atoms with van der Waals surface area (Å²) in [7, 11) is 1.60. The summed E-state index contributed by atoms with van der Waals surface area (Å²) < 4.78 is 6.62. The number of carbonyl (C=O) groups is 1. The van der Waals surface area contributed by atoms with Crippen molar-refractivity contribution in [2.45, 2.75) is 38.6 Å². The summed E-state index contributed by atoms with van der Waals surface area (Å²) in [5.74, 6) is 2.39. The number of rotatable bonds is 5. The Morgan fingerprint density at radius 2 is 2.16 bits per heavy atom. The molecular formula is C21H27ClN6O2S. The highest BCUT2D eigenvalue weighted by Crippen LogP contribution is 2.42. The normalized spacial score (nSPS) is 18.7. The number of pyridine rings is 1. The van der Waals surface area contributed by atoms with E-state index in [2.05, 4.69) is 33.8 Å². The van der Waals surface area contributed by atoms with E-state index in [1.807, 2.05) is 17.9 Å². The second kappa shape index (κ2) is 8.64. The van der Waals surface area contributed by atoms with Gasteiger partial charge in [0, 0.05) is 53.6 Å². The summed E-state index contributed by atoms with van der Waals surface area (Å²) in [4.78, 5) is 21.1. The van der Waals surface area contributed by atoms with Crippen LogP contribution in [0.15, 0.2) is 12.1 Å². The number of amides is 1. The van der Waals surface area contributed by atoms with E-state index in [1.165, 1.54) is 12.8 Å². The average Bonchev–Trinajstić information content (AvgIpc) is 3.35. The van der Waals surface area contributed by atoms with Crippen molar-refractivity contribution in [3.63, 3.8) is 0 Å². The first-order valence-corrected chi connectivity index (χ1v) is 11.2. The number of thiophene rings is 1. The van der Waals surface area contributed by atoms with Gasteiger partial charge in [-0.3, -0.25) is 9.89 Å². The third kappa shape index (κ3) is 4.22. The Kier molecular flexibility index (Phi) is 6.09. The maximum atomic E-state index is 13.4. The second-order valence-corrected chi connectivity index (χ2v) is 9.41. The quantitative estimate of drug-likeness (QED) is 0.533. The molecule has 1 saturated carbocycles. The molecule has 1 aliphatic carbocycles. The maximum Gasteiger partial charge on any atom is 0.276 e. The van der Waals surface area contributed by atoms with Crippen LogP contribution >= 0.6 is 23.7 Å². The van der Waals surface area contributed by atoms with Crippen LogP contribution in [-0.4, -0.2) is 58.8 Å². The van der Waals surface area contributed by atoms with Crippen molar-refractivity contribution in [2.24, 2.45) is 0 Å². The molecule has 3 aromatic heterocycles. The summed E-state index contributed by atoms with van der Waals surface area (Å²) in [6, 6.07) is 4.37. The molecule has 8 nitrogen and oxygen atoms in total. The van der Waals surface area contributed by atoms with Crippen molar-refractivity contribution in [2.75, 3.05) is 32.1 Å². The number of hydrogen-bond acceptors (Lipinski definition) is 7. The first-order chi connectivity index (χ1) is 14.5. The summed E-state index contributed by atoms with van der Waals surface area (Å²) >= 11 is 1.61. The van der Waals surface area contributed by atoms with Crippen LogP contribution in [0.1, 0.15) is 46.7 Å². The number of nitrogens with one attached hydrogen (secondary N) is 3. The highest BCUT2D eigenvalue weighted by atomic mass is 35.5. The highest BCUT2D eigenvalue weighted by Gasteiger charge is 2.29. The van der Waals surface area contributed by atoms with Crippen molar-refractivity contribution in [1.82, 2.24) is 25.4 Å². The number of halogens is 1. The molecule has 0 aromatic carbocycles. The zero-order valence-electron chi connectivity index (χ0n) is 17.8. The van der Waals surface area contributed by atoms with Crippen LogP contribution in [-0.2, 0) is 0 Å². The summed E-state index contributed by atoms with van der Waals surface area (Å²) in [5.41, 5.74) is 1.50. The molecule has 5 rings (SSSR count). The minimum Gasteiger partial charge on any atom is -0.493 e. The lowest BCUT2D eigenvalue weighted by molar-refractivity contribution is 0.0700. The first kappa shape index (κ1) is 21.9. The molecule has 166 valence electrons. The molecule has 0 radical (unpaired) electrons. The van der Waals surface area contributed by atoms with E-state index in [0.717, 1.165) is 27.2 Å². The van der Waals surface area contributed by atoms with Gasteiger partial charge in [-0.1, -0.05) is 0 Å². The monoisotopic (exact) mass is 462 g/mol. The number of methoxy groups -OCH3 is 1. The number of H-pyrrole nitrogens is 1. The van der Waals surface area contributed by atoms with E-state index in [-0.39, 0.29) is 24.4 Å². The molecule has 1 aliphatic heterocycles. The number of nitrogens with zero attached hydrogens (tertiary/aromatic N) is 3. The van der Waals surface area contributed by atoms with Gasteiger partial charge in [0.05, 0.1) is 11.8 Å². The van der Waals surface area contributed by atoms with Gasteiger partial charge in [-0.2, -0.15) is 5.10 Å². The van der Waals surface area contributed by atoms with Crippen LogP contribution in [0.3, 0.4) is 0 Å². The fourth-order valence-corrected chi connectivity index (χ4v) is 5.05. The van der Waals surface area contributed by atoms with Gasteiger partial charge >= 0.3 is 0 Å². The largest absolute Gasteiger partial charge is 0.493 e. The van der Waals surface area contributed by atoms with Crippen molar-refractivity contribution >= 4 is 51.4 Å². The summed E-state index contributed by atoms with van der Waals surface area (Å²) in [5, 5.41) is 15.2. The van der Waals surface area contributed by atoms with Gasteiger partial charge in [0.25, 0.3) is 5.91 Å². The minimum atomic E-state index is -0.100. The number of ether oxygens (including phenoxy) is 1. The van der Waals surface area contributed by atoms with Crippen molar-refractivity contribution < 1.29 is 9.53 Å². The predicted octanol–water partition coefficient (Wildman–Crippen LogP) is 3.81. The van der Waals surface area contributed by atoms with Gasteiger partial charge in [0.2, 0.25) is 0 Å². The van der Waals surface area contributed by atoms with E-state index in [0.29, 0.717) is 42.1 Å². The molecule has 3 aromatic rings. The third-order valence-corrected chi connectivity index (χ3v) is 6.73. The smallest absolute Gasteiger partial charge is 0.276 e. The number of aryl methyl sites for hydroxylation is 1. The predicted molar refractivity (Wildman–Crippen MR) is 125 cm³/mol. The Labute approximate surface area is 191 Å². The Balaban J connectivity index is 0.00000231. The average molecular weight is 463 g/mol. The molecule has 31 heavy (non-hydrogen) atoms. The lowest BCUT2D eigenvalue weighted by Gasteiger charge is -2.32. The molecule has 0 bridgehead atoms. The molecule has 1 saturated heterocycles. The number of aromatic amines is 1. The Morgan fingerprint density at radius 1 is 1.35 bits per heavy atom. The van der Waals surface area contributed by atoms with Crippen LogP contribution in [0.25, 0.3) is 10.1 Å². The molecule has 1 amide bonds. The Morgan fingerprint density at radius 3 is 2.87 bits per heavy atom. The molecule has 10 heteroatoms. The maximum absolute atomic E-state index is 13.4. The molecular weight excluding hydrogens is 436 g/mol. The van der Waals surface area contributed by atoms with Gasteiger partial charge in [-0.25, -0.2) is 4.98 Å². The van der Waals surface area contributed by atoms with E-state index < -0.39 is 0 Å². The van der Waals surface area contributed by atoms with E-state index in [4.69, 9.17) is 9.72 Å². The lowest BCUT2D eigenvalue weighted by atomic mass is 10.2. The molecule has 0 spiro atoms. The second-order valence-electron chi connectivity index (χ2n) is 8.16. The number of anilines is 2. The molecule has 2 aliphatic rings. The van der Waals surface area contributed by atoms with Gasteiger partial charge in [0.1, 0.15) is 5.82 Å². The molecule has 0 unspecified atom stereocenters. The van der Waals surface area contributed by atoms with Crippen LogP contribution in [0.2, 0.25) is 0 Å². The van der Waals surface area contributed by atoms with Crippen LogP contribution in [0, 0.1) is 6.92 Å². The molecule has 4 heterocycles. The number of hydrogen-bond donors (Lipinski definition) is 3. The minimum absolute atomic E-state index is 0. The number of aromatic nitrogens is 3. The van der Waals surface area contributed by atoms with Crippen LogP contribution in [0.5, 0.6) is 5.75 Å². The van der Waals surface area contributed by atoms with E-state index in [9.17, 15) is 4.79 Å². The van der Waals surface area contributed by atoms with Gasteiger partial charge in [-0.05, 0) is 32.8 Å².